The van der Waals surface area contributed by atoms with Crippen molar-refractivity contribution >= 4 is 0 Å². The lowest BCUT2D eigenvalue weighted by Gasteiger charge is -1.83. The highest BCUT2D eigenvalue weighted by molar-refractivity contribution is 5.01. The van der Waals surface area contributed by atoms with Gasteiger partial charge in [-0.2, -0.15) is 0 Å². The smallest absolute Gasteiger partial charge is 0.0646 e. The summed E-state index contributed by atoms with van der Waals surface area (Å²) < 4.78 is 4.80. The summed E-state index contributed by atoms with van der Waals surface area (Å²) in [6.45, 7) is 6.81. The predicted octanol–water partition coefficient (Wildman–Crippen LogP) is 3.18. The van der Waals surface area contributed by atoms with Crippen molar-refractivity contribution in [2.24, 2.45) is 0 Å². The maximum atomic E-state index is 4.80. The van der Waals surface area contributed by atoms with E-state index in [-0.39, 0.29) is 0 Å². The number of hydrogen-bond acceptors (Lipinski definition) is 1. The lowest BCUT2D eigenvalue weighted by molar-refractivity contribution is 0.234. The molecule has 11 heavy (non-hydrogen) atoms. The number of ether oxygens (including phenoxy) is 1. The van der Waals surface area contributed by atoms with E-state index >= 15 is 0 Å². The SMILES string of the molecule is CC.CC/C=C\C=C/COC. The van der Waals surface area contributed by atoms with Gasteiger partial charge in [0.05, 0.1) is 6.61 Å². The molecular weight excluding hydrogens is 136 g/mol. The molecule has 0 atom stereocenters. The molecule has 0 aliphatic rings. The summed E-state index contributed by atoms with van der Waals surface area (Å²) in [5.41, 5.74) is 0. The van der Waals surface area contributed by atoms with E-state index in [9.17, 15) is 0 Å². The standard InChI is InChI=1S/C8H14O.C2H6/c1-3-4-5-6-7-8-9-2;1-2/h4-7H,3,8H2,1-2H3;1-2H3/b5-4-,7-6-;. The van der Waals surface area contributed by atoms with E-state index in [0.717, 1.165) is 6.42 Å². The summed E-state index contributed by atoms with van der Waals surface area (Å²) in [7, 11) is 1.69. The van der Waals surface area contributed by atoms with Crippen LogP contribution in [0.5, 0.6) is 0 Å². The molecule has 66 valence electrons. The van der Waals surface area contributed by atoms with Gasteiger partial charge >= 0.3 is 0 Å². The van der Waals surface area contributed by atoms with Crippen LogP contribution in [-0.2, 0) is 4.74 Å². The maximum absolute atomic E-state index is 4.80. The fourth-order valence-corrected chi connectivity index (χ4v) is 0.445. The minimum Gasteiger partial charge on any atom is -0.381 e. The van der Waals surface area contributed by atoms with Crippen molar-refractivity contribution in [2.45, 2.75) is 27.2 Å². The second kappa shape index (κ2) is 16.2. The van der Waals surface area contributed by atoms with E-state index in [1.807, 2.05) is 32.1 Å². The van der Waals surface area contributed by atoms with E-state index in [4.69, 9.17) is 4.74 Å². The number of rotatable bonds is 4. The molecule has 0 aliphatic carbocycles. The van der Waals surface area contributed by atoms with Crippen molar-refractivity contribution in [1.29, 1.82) is 0 Å². The average molecular weight is 156 g/mol. The van der Waals surface area contributed by atoms with Gasteiger partial charge in [-0.25, -0.2) is 0 Å². The van der Waals surface area contributed by atoms with Crippen molar-refractivity contribution in [3.05, 3.63) is 24.3 Å². The van der Waals surface area contributed by atoms with E-state index in [1.54, 1.807) is 7.11 Å². The lowest BCUT2D eigenvalue weighted by atomic mass is 10.4. The summed E-state index contributed by atoms with van der Waals surface area (Å²) in [5.74, 6) is 0. The Bertz CT molecular complexity index is 93.0. The maximum Gasteiger partial charge on any atom is 0.0646 e. The molecule has 0 saturated heterocycles. The van der Waals surface area contributed by atoms with Gasteiger partial charge in [0.1, 0.15) is 0 Å². The predicted molar refractivity (Wildman–Crippen MR) is 51.8 cm³/mol. The Labute approximate surface area is 70.8 Å². The van der Waals surface area contributed by atoms with Gasteiger partial charge in [-0.15, -0.1) is 0 Å². The van der Waals surface area contributed by atoms with Crippen LogP contribution in [0.25, 0.3) is 0 Å². The summed E-state index contributed by atoms with van der Waals surface area (Å²) in [4.78, 5) is 0. The third kappa shape index (κ3) is 17.7. The fraction of sp³-hybridized carbons (Fsp3) is 0.600. The first-order valence-corrected chi connectivity index (χ1v) is 4.22. The zero-order valence-corrected chi connectivity index (χ0v) is 8.13. The fourth-order valence-electron chi connectivity index (χ4n) is 0.445. The molecule has 0 N–H and O–H groups in total. The normalized spacial score (nSPS) is 10.2. The molecule has 0 aromatic rings. The largest absolute Gasteiger partial charge is 0.381 e. The van der Waals surface area contributed by atoms with Gasteiger partial charge in [0, 0.05) is 7.11 Å². The summed E-state index contributed by atoms with van der Waals surface area (Å²) in [6.07, 6.45) is 9.20. The van der Waals surface area contributed by atoms with Crippen LogP contribution >= 0.6 is 0 Å². The van der Waals surface area contributed by atoms with Gasteiger partial charge in [-0.05, 0) is 6.42 Å². The Kier molecular flexibility index (Phi) is 19.3. The monoisotopic (exact) mass is 156 g/mol. The molecule has 1 nitrogen and oxygen atoms in total. The van der Waals surface area contributed by atoms with Crippen LogP contribution < -0.4 is 0 Å². The quantitative estimate of drug-likeness (QED) is 0.568. The van der Waals surface area contributed by atoms with Gasteiger partial charge in [0.2, 0.25) is 0 Å². The lowest BCUT2D eigenvalue weighted by Crippen LogP contribution is -1.78. The third-order valence-corrected chi connectivity index (χ3v) is 0.882. The number of hydrogen-bond donors (Lipinski definition) is 0. The molecule has 0 fully saturated rings. The first-order chi connectivity index (χ1) is 5.41. The molecule has 0 heterocycles. The van der Waals surface area contributed by atoms with Crippen molar-refractivity contribution in [3.8, 4) is 0 Å². The molecule has 0 spiro atoms. The van der Waals surface area contributed by atoms with Crippen LogP contribution in [0.2, 0.25) is 0 Å². The minimum absolute atomic E-state index is 0.702. The zero-order valence-electron chi connectivity index (χ0n) is 8.13. The van der Waals surface area contributed by atoms with Crippen LogP contribution in [-0.4, -0.2) is 13.7 Å². The molecule has 0 rings (SSSR count). The Balaban J connectivity index is 0. The van der Waals surface area contributed by atoms with Crippen LogP contribution in [0.15, 0.2) is 24.3 Å². The Morgan fingerprint density at radius 1 is 1.09 bits per heavy atom. The number of allylic oxidation sites excluding steroid dienone is 3. The summed E-state index contributed by atoms with van der Waals surface area (Å²) >= 11 is 0. The highest BCUT2D eigenvalue weighted by Gasteiger charge is 1.66. The van der Waals surface area contributed by atoms with Crippen LogP contribution in [0.4, 0.5) is 0 Å². The van der Waals surface area contributed by atoms with Crippen molar-refractivity contribution in [3.63, 3.8) is 0 Å². The molecule has 0 saturated carbocycles. The van der Waals surface area contributed by atoms with Gasteiger partial charge in [-0.1, -0.05) is 45.1 Å². The Hall–Kier alpha value is -0.560. The minimum atomic E-state index is 0.702. The van der Waals surface area contributed by atoms with Crippen molar-refractivity contribution < 1.29 is 4.74 Å². The third-order valence-electron chi connectivity index (χ3n) is 0.882. The van der Waals surface area contributed by atoms with Gasteiger partial charge in [-0.3, -0.25) is 0 Å². The topological polar surface area (TPSA) is 9.23 Å². The second-order valence-corrected chi connectivity index (χ2v) is 1.72. The molecular formula is C10H20O. The molecule has 1 heteroatoms. The van der Waals surface area contributed by atoms with Gasteiger partial charge in [0.15, 0.2) is 0 Å². The van der Waals surface area contributed by atoms with Crippen LogP contribution in [0.3, 0.4) is 0 Å². The summed E-state index contributed by atoms with van der Waals surface area (Å²) in [6, 6.07) is 0. The van der Waals surface area contributed by atoms with E-state index < -0.39 is 0 Å². The van der Waals surface area contributed by atoms with E-state index in [1.165, 1.54) is 0 Å². The Morgan fingerprint density at radius 3 is 2.09 bits per heavy atom. The van der Waals surface area contributed by atoms with Crippen molar-refractivity contribution in [2.75, 3.05) is 13.7 Å². The highest BCUT2D eigenvalue weighted by atomic mass is 16.5. The van der Waals surface area contributed by atoms with Gasteiger partial charge < -0.3 is 4.74 Å². The average Bonchev–Trinajstić information content (AvgIpc) is 2.08. The molecule has 0 amide bonds. The molecule has 0 aliphatic heterocycles. The second-order valence-electron chi connectivity index (χ2n) is 1.72. The molecule has 0 aromatic carbocycles. The molecule has 0 aromatic heterocycles. The molecule has 0 unspecified atom stereocenters. The number of methoxy groups -OCH3 is 1. The summed E-state index contributed by atoms with van der Waals surface area (Å²) in [5, 5.41) is 0. The Morgan fingerprint density at radius 2 is 1.64 bits per heavy atom. The van der Waals surface area contributed by atoms with Gasteiger partial charge in [0.25, 0.3) is 0 Å². The van der Waals surface area contributed by atoms with E-state index in [2.05, 4.69) is 13.0 Å². The molecule has 0 bridgehead atoms. The van der Waals surface area contributed by atoms with Crippen LogP contribution in [0.1, 0.15) is 27.2 Å². The first-order valence-electron chi connectivity index (χ1n) is 4.22. The zero-order chi connectivity index (χ0) is 8.95. The first kappa shape index (κ1) is 13.1. The van der Waals surface area contributed by atoms with Crippen LogP contribution in [0, 0.1) is 0 Å². The highest BCUT2D eigenvalue weighted by Crippen LogP contribution is 1.81. The molecule has 0 radical (unpaired) electrons. The van der Waals surface area contributed by atoms with Crippen molar-refractivity contribution in [1.82, 2.24) is 0 Å². The van der Waals surface area contributed by atoms with E-state index in [0.29, 0.717) is 6.61 Å².